The normalized spacial score (nSPS) is 18.0. The van der Waals surface area contributed by atoms with Crippen molar-refractivity contribution in [2.24, 2.45) is 0 Å². The minimum atomic E-state index is 0.173. The summed E-state index contributed by atoms with van der Waals surface area (Å²) in [5, 5.41) is 0. The van der Waals surface area contributed by atoms with Gasteiger partial charge >= 0.3 is 0 Å². The SMILES string of the molecule is CCC1CN(Cc2nccc(OC)c2OC)CCC(=O)N1Cc1ccccc1. The molecular weight excluding hydrogens is 354 g/mol. The van der Waals surface area contributed by atoms with Crippen LogP contribution in [0.1, 0.15) is 31.0 Å². The van der Waals surface area contributed by atoms with Crippen LogP contribution in [0.5, 0.6) is 11.5 Å². The van der Waals surface area contributed by atoms with Gasteiger partial charge in [-0.2, -0.15) is 0 Å². The number of ether oxygens (including phenoxy) is 2. The fraction of sp³-hybridized carbons (Fsp3) is 0.455. The van der Waals surface area contributed by atoms with Gasteiger partial charge in [0.2, 0.25) is 5.91 Å². The predicted molar refractivity (Wildman–Crippen MR) is 108 cm³/mol. The van der Waals surface area contributed by atoms with Crippen molar-refractivity contribution in [1.82, 2.24) is 14.8 Å². The average Bonchev–Trinajstić information content (AvgIpc) is 2.88. The number of carbonyl (C=O) groups is 1. The molecule has 6 heteroatoms. The number of rotatable bonds is 7. The molecule has 1 aromatic carbocycles. The van der Waals surface area contributed by atoms with Crippen molar-refractivity contribution in [2.75, 3.05) is 27.3 Å². The number of aromatic nitrogens is 1. The Bertz CT molecular complexity index is 782. The molecule has 1 saturated heterocycles. The number of hydrogen-bond acceptors (Lipinski definition) is 5. The van der Waals surface area contributed by atoms with Gasteiger partial charge in [-0.15, -0.1) is 0 Å². The van der Waals surface area contributed by atoms with Gasteiger partial charge in [0.1, 0.15) is 5.69 Å². The molecule has 2 heterocycles. The first-order valence-electron chi connectivity index (χ1n) is 9.77. The second-order valence-electron chi connectivity index (χ2n) is 7.05. The van der Waals surface area contributed by atoms with Crippen LogP contribution in [0.2, 0.25) is 0 Å². The third-order valence-corrected chi connectivity index (χ3v) is 5.28. The third-order valence-electron chi connectivity index (χ3n) is 5.28. The number of pyridine rings is 1. The summed E-state index contributed by atoms with van der Waals surface area (Å²) in [5.74, 6) is 1.55. The minimum absolute atomic E-state index is 0.173. The van der Waals surface area contributed by atoms with E-state index in [1.807, 2.05) is 23.1 Å². The summed E-state index contributed by atoms with van der Waals surface area (Å²) in [7, 11) is 3.26. The highest BCUT2D eigenvalue weighted by Crippen LogP contribution is 2.30. The van der Waals surface area contributed by atoms with Crippen LogP contribution in [0.4, 0.5) is 0 Å². The first-order chi connectivity index (χ1) is 13.7. The Morgan fingerprint density at radius 3 is 2.57 bits per heavy atom. The summed E-state index contributed by atoms with van der Waals surface area (Å²) in [5.41, 5.74) is 2.00. The van der Waals surface area contributed by atoms with E-state index in [-0.39, 0.29) is 11.9 Å². The summed E-state index contributed by atoms with van der Waals surface area (Å²) in [6.07, 6.45) is 3.16. The van der Waals surface area contributed by atoms with E-state index in [2.05, 4.69) is 28.9 Å². The smallest absolute Gasteiger partial charge is 0.224 e. The zero-order chi connectivity index (χ0) is 19.9. The number of benzene rings is 1. The Kier molecular flexibility index (Phi) is 6.87. The van der Waals surface area contributed by atoms with E-state index in [1.165, 1.54) is 5.56 Å². The van der Waals surface area contributed by atoms with Crippen LogP contribution in [0.15, 0.2) is 42.6 Å². The number of nitrogens with zero attached hydrogens (tertiary/aromatic N) is 3. The van der Waals surface area contributed by atoms with Crippen LogP contribution in [0, 0.1) is 0 Å². The maximum absolute atomic E-state index is 12.8. The van der Waals surface area contributed by atoms with E-state index < -0.39 is 0 Å². The second-order valence-corrected chi connectivity index (χ2v) is 7.05. The molecule has 6 nitrogen and oxygen atoms in total. The van der Waals surface area contributed by atoms with Crippen LogP contribution < -0.4 is 9.47 Å². The minimum Gasteiger partial charge on any atom is -0.493 e. The molecule has 0 aliphatic carbocycles. The Balaban J connectivity index is 1.76. The number of amides is 1. The lowest BCUT2D eigenvalue weighted by atomic mass is 10.1. The van der Waals surface area contributed by atoms with Gasteiger partial charge in [-0.25, -0.2) is 0 Å². The third kappa shape index (κ3) is 4.62. The maximum Gasteiger partial charge on any atom is 0.224 e. The molecule has 0 N–H and O–H groups in total. The largest absolute Gasteiger partial charge is 0.493 e. The van der Waals surface area contributed by atoms with Crippen molar-refractivity contribution in [3.05, 3.63) is 53.9 Å². The van der Waals surface area contributed by atoms with Gasteiger partial charge in [0.15, 0.2) is 11.5 Å². The molecule has 1 fully saturated rings. The lowest BCUT2D eigenvalue weighted by Crippen LogP contribution is -2.42. The second kappa shape index (κ2) is 9.55. The molecule has 1 unspecified atom stereocenters. The average molecular weight is 383 g/mol. The maximum atomic E-state index is 12.8. The van der Waals surface area contributed by atoms with Crippen molar-refractivity contribution in [3.63, 3.8) is 0 Å². The van der Waals surface area contributed by atoms with Crippen molar-refractivity contribution in [1.29, 1.82) is 0 Å². The van der Waals surface area contributed by atoms with E-state index in [9.17, 15) is 4.79 Å². The van der Waals surface area contributed by atoms with Gasteiger partial charge in [-0.05, 0) is 12.0 Å². The van der Waals surface area contributed by atoms with Gasteiger partial charge in [-0.1, -0.05) is 37.3 Å². The standard InChI is InChI=1S/C22H29N3O3/c1-4-18-15-24(16-19-22(28-3)20(27-2)10-12-23-19)13-11-21(26)25(18)14-17-8-6-5-7-9-17/h5-10,12,18H,4,11,13-16H2,1-3H3. The fourth-order valence-corrected chi connectivity index (χ4v) is 3.75. The van der Waals surface area contributed by atoms with Gasteiger partial charge < -0.3 is 14.4 Å². The van der Waals surface area contributed by atoms with E-state index in [1.54, 1.807) is 26.5 Å². The predicted octanol–water partition coefficient (Wildman–Crippen LogP) is 3.11. The molecule has 1 aliphatic heterocycles. The summed E-state index contributed by atoms with van der Waals surface area (Å²) >= 11 is 0. The monoisotopic (exact) mass is 383 g/mol. The van der Waals surface area contributed by atoms with Crippen LogP contribution in [-0.2, 0) is 17.9 Å². The lowest BCUT2D eigenvalue weighted by Gasteiger charge is -2.31. The number of methoxy groups -OCH3 is 2. The fourth-order valence-electron chi connectivity index (χ4n) is 3.75. The molecular formula is C22H29N3O3. The molecule has 1 amide bonds. The van der Waals surface area contributed by atoms with Crippen molar-refractivity contribution in [3.8, 4) is 11.5 Å². The Labute approximate surface area is 167 Å². The number of hydrogen-bond donors (Lipinski definition) is 0. The van der Waals surface area contributed by atoms with Gasteiger partial charge in [0.25, 0.3) is 0 Å². The summed E-state index contributed by atoms with van der Waals surface area (Å²) in [6.45, 7) is 4.96. The van der Waals surface area contributed by atoms with Crippen LogP contribution in [0.3, 0.4) is 0 Å². The molecule has 0 radical (unpaired) electrons. The molecule has 1 aliphatic rings. The Morgan fingerprint density at radius 2 is 1.89 bits per heavy atom. The van der Waals surface area contributed by atoms with Crippen LogP contribution >= 0.6 is 0 Å². The van der Waals surface area contributed by atoms with Crippen LogP contribution in [-0.4, -0.2) is 54.0 Å². The summed E-state index contributed by atoms with van der Waals surface area (Å²) in [4.78, 5) is 21.7. The topological polar surface area (TPSA) is 54.9 Å². The number of carbonyl (C=O) groups excluding carboxylic acids is 1. The molecule has 0 spiro atoms. The highest BCUT2D eigenvalue weighted by molar-refractivity contribution is 5.77. The van der Waals surface area contributed by atoms with E-state index >= 15 is 0 Å². The lowest BCUT2D eigenvalue weighted by molar-refractivity contribution is -0.133. The van der Waals surface area contributed by atoms with Gasteiger partial charge in [-0.3, -0.25) is 14.7 Å². The Morgan fingerprint density at radius 1 is 1.11 bits per heavy atom. The van der Waals surface area contributed by atoms with Gasteiger partial charge in [0.05, 0.1) is 14.2 Å². The molecule has 150 valence electrons. The Hall–Kier alpha value is -2.60. The molecule has 28 heavy (non-hydrogen) atoms. The molecule has 1 aromatic heterocycles. The van der Waals surface area contributed by atoms with Crippen LogP contribution in [0.25, 0.3) is 0 Å². The van der Waals surface area contributed by atoms with E-state index in [0.717, 1.165) is 18.7 Å². The molecule has 2 aromatic rings. The summed E-state index contributed by atoms with van der Waals surface area (Å²) in [6, 6.07) is 12.2. The van der Waals surface area contributed by atoms with E-state index in [0.29, 0.717) is 37.6 Å². The first-order valence-corrected chi connectivity index (χ1v) is 9.77. The first kappa shape index (κ1) is 20.1. The molecule has 0 bridgehead atoms. The molecule has 1 atom stereocenters. The zero-order valence-electron chi connectivity index (χ0n) is 16.9. The van der Waals surface area contributed by atoms with Gasteiger partial charge in [0, 0.05) is 50.9 Å². The van der Waals surface area contributed by atoms with E-state index in [4.69, 9.17) is 9.47 Å². The highest BCUT2D eigenvalue weighted by atomic mass is 16.5. The quantitative estimate of drug-likeness (QED) is 0.735. The van der Waals surface area contributed by atoms with Crippen molar-refractivity contribution >= 4 is 5.91 Å². The van der Waals surface area contributed by atoms with Crippen molar-refractivity contribution in [2.45, 2.75) is 38.9 Å². The zero-order valence-corrected chi connectivity index (χ0v) is 16.9. The highest BCUT2D eigenvalue weighted by Gasteiger charge is 2.29. The molecule has 0 saturated carbocycles. The summed E-state index contributed by atoms with van der Waals surface area (Å²) < 4.78 is 10.9. The molecule has 3 rings (SSSR count). The van der Waals surface area contributed by atoms with Crippen molar-refractivity contribution < 1.29 is 14.3 Å².